The topological polar surface area (TPSA) is 12.5 Å². The van der Waals surface area contributed by atoms with Crippen molar-refractivity contribution in [1.29, 1.82) is 0 Å². The highest BCUT2D eigenvalue weighted by Crippen LogP contribution is 2.40. The SMILES string of the molecule is COc1ccc2c(c1)N(CCCS)C(C)(C)C=C2C. The van der Waals surface area contributed by atoms with Crippen molar-refractivity contribution in [2.45, 2.75) is 32.7 Å². The molecule has 0 unspecified atom stereocenters. The molecule has 0 bridgehead atoms. The summed E-state index contributed by atoms with van der Waals surface area (Å²) in [6, 6.07) is 6.33. The molecular formula is C16H23NOS. The van der Waals surface area contributed by atoms with E-state index in [2.05, 4.69) is 56.5 Å². The van der Waals surface area contributed by atoms with Gasteiger partial charge in [0.05, 0.1) is 12.6 Å². The number of thiol groups is 1. The van der Waals surface area contributed by atoms with Gasteiger partial charge >= 0.3 is 0 Å². The summed E-state index contributed by atoms with van der Waals surface area (Å²) in [6.07, 6.45) is 3.43. The number of anilines is 1. The van der Waals surface area contributed by atoms with Gasteiger partial charge in [0.15, 0.2) is 0 Å². The maximum Gasteiger partial charge on any atom is 0.120 e. The normalized spacial score (nSPS) is 16.9. The highest BCUT2D eigenvalue weighted by atomic mass is 32.1. The van der Waals surface area contributed by atoms with E-state index >= 15 is 0 Å². The molecule has 1 aliphatic rings. The van der Waals surface area contributed by atoms with Crippen LogP contribution in [0.4, 0.5) is 5.69 Å². The summed E-state index contributed by atoms with van der Waals surface area (Å²) in [5.41, 5.74) is 3.95. The summed E-state index contributed by atoms with van der Waals surface area (Å²) in [6.45, 7) is 7.72. The first-order valence-corrected chi connectivity index (χ1v) is 7.39. The Balaban J connectivity index is 2.48. The van der Waals surface area contributed by atoms with Crippen molar-refractivity contribution in [3.63, 3.8) is 0 Å². The molecular weight excluding hydrogens is 254 g/mol. The van der Waals surface area contributed by atoms with Gasteiger partial charge in [0.2, 0.25) is 0 Å². The van der Waals surface area contributed by atoms with Crippen LogP contribution in [0.2, 0.25) is 0 Å². The molecule has 0 radical (unpaired) electrons. The van der Waals surface area contributed by atoms with Crippen molar-refractivity contribution in [3.05, 3.63) is 29.8 Å². The zero-order valence-corrected chi connectivity index (χ0v) is 13.1. The highest BCUT2D eigenvalue weighted by molar-refractivity contribution is 7.80. The number of ether oxygens (including phenoxy) is 1. The molecule has 1 heterocycles. The smallest absolute Gasteiger partial charge is 0.120 e. The first-order valence-electron chi connectivity index (χ1n) is 6.76. The molecule has 0 atom stereocenters. The fraction of sp³-hybridized carbons (Fsp3) is 0.500. The van der Waals surface area contributed by atoms with E-state index in [1.165, 1.54) is 16.8 Å². The van der Waals surface area contributed by atoms with Crippen LogP contribution in [0.25, 0.3) is 5.57 Å². The van der Waals surface area contributed by atoms with Gasteiger partial charge in [-0.15, -0.1) is 0 Å². The minimum absolute atomic E-state index is 0.0341. The van der Waals surface area contributed by atoms with E-state index in [1.54, 1.807) is 7.11 Å². The Hall–Kier alpha value is -1.09. The minimum Gasteiger partial charge on any atom is -0.497 e. The van der Waals surface area contributed by atoms with E-state index in [0.29, 0.717) is 0 Å². The Morgan fingerprint density at radius 3 is 2.68 bits per heavy atom. The molecule has 19 heavy (non-hydrogen) atoms. The number of benzene rings is 1. The lowest BCUT2D eigenvalue weighted by atomic mass is 9.88. The molecule has 0 aromatic heterocycles. The maximum atomic E-state index is 5.38. The summed E-state index contributed by atoms with van der Waals surface area (Å²) in [4.78, 5) is 2.45. The van der Waals surface area contributed by atoms with Crippen LogP contribution < -0.4 is 9.64 Å². The standard InChI is InChI=1S/C16H23NOS/c1-12-11-16(2,3)17(8-5-9-19)15-10-13(18-4)6-7-14(12)15/h6-7,10-11,19H,5,8-9H2,1-4H3. The molecule has 104 valence electrons. The van der Waals surface area contributed by atoms with Crippen molar-refractivity contribution in [2.75, 3.05) is 24.3 Å². The van der Waals surface area contributed by atoms with Crippen molar-refractivity contribution in [1.82, 2.24) is 0 Å². The van der Waals surface area contributed by atoms with Gasteiger partial charge in [-0.2, -0.15) is 12.6 Å². The van der Waals surface area contributed by atoms with Crippen LogP contribution >= 0.6 is 12.6 Å². The lowest BCUT2D eigenvalue weighted by molar-refractivity contribution is 0.414. The van der Waals surface area contributed by atoms with Gasteiger partial charge in [0.1, 0.15) is 5.75 Å². The molecule has 2 nitrogen and oxygen atoms in total. The second-order valence-electron chi connectivity index (χ2n) is 5.59. The molecule has 0 N–H and O–H groups in total. The zero-order chi connectivity index (χ0) is 14.0. The monoisotopic (exact) mass is 277 g/mol. The zero-order valence-electron chi connectivity index (χ0n) is 12.2. The van der Waals surface area contributed by atoms with Gasteiger partial charge in [0, 0.05) is 23.9 Å². The number of methoxy groups -OCH3 is 1. The van der Waals surface area contributed by atoms with Gasteiger partial charge < -0.3 is 9.64 Å². The molecule has 0 fully saturated rings. The van der Waals surface area contributed by atoms with Crippen LogP contribution in [0.5, 0.6) is 5.75 Å². The second kappa shape index (κ2) is 5.49. The quantitative estimate of drug-likeness (QED) is 0.835. The van der Waals surface area contributed by atoms with Crippen molar-refractivity contribution >= 4 is 23.9 Å². The first kappa shape index (κ1) is 14.3. The molecule has 2 rings (SSSR count). The lowest BCUT2D eigenvalue weighted by Gasteiger charge is -2.43. The predicted molar refractivity (Wildman–Crippen MR) is 86.5 cm³/mol. The maximum absolute atomic E-state index is 5.38. The van der Waals surface area contributed by atoms with Crippen LogP contribution in [0.3, 0.4) is 0 Å². The summed E-state index contributed by atoms with van der Waals surface area (Å²) >= 11 is 4.34. The summed E-state index contributed by atoms with van der Waals surface area (Å²) in [5.74, 6) is 1.83. The van der Waals surface area contributed by atoms with Crippen molar-refractivity contribution in [2.24, 2.45) is 0 Å². The van der Waals surface area contributed by atoms with Gasteiger partial charge in [-0.25, -0.2) is 0 Å². The predicted octanol–water partition coefficient (Wildman–Crippen LogP) is 4.02. The van der Waals surface area contributed by atoms with Crippen LogP contribution in [-0.2, 0) is 0 Å². The average molecular weight is 277 g/mol. The minimum atomic E-state index is 0.0341. The van der Waals surface area contributed by atoms with Crippen molar-refractivity contribution < 1.29 is 4.74 Å². The van der Waals surface area contributed by atoms with Crippen LogP contribution in [-0.4, -0.2) is 24.9 Å². The fourth-order valence-electron chi connectivity index (χ4n) is 2.83. The number of hydrogen-bond acceptors (Lipinski definition) is 3. The van der Waals surface area contributed by atoms with Gasteiger partial charge in [-0.05, 0) is 50.7 Å². The second-order valence-corrected chi connectivity index (χ2v) is 6.04. The van der Waals surface area contributed by atoms with Gasteiger partial charge in [0.25, 0.3) is 0 Å². The Morgan fingerprint density at radius 1 is 1.32 bits per heavy atom. The number of allylic oxidation sites excluding steroid dienone is 1. The molecule has 1 aliphatic heterocycles. The fourth-order valence-corrected chi connectivity index (χ4v) is 2.97. The van der Waals surface area contributed by atoms with Gasteiger partial charge in [-0.1, -0.05) is 6.08 Å². The molecule has 0 spiro atoms. The van der Waals surface area contributed by atoms with E-state index < -0.39 is 0 Å². The number of nitrogens with zero attached hydrogens (tertiary/aromatic N) is 1. The number of rotatable bonds is 4. The van der Waals surface area contributed by atoms with E-state index in [9.17, 15) is 0 Å². The summed E-state index contributed by atoms with van der Waals surface area (Å²) in [5, 5.41) is 0. The van der Waals surface area contributed by atoms with Gasteiger partial charge in [-0.3, -0.25) is 0 Å². The van der Waals surface area contributed by atoms with Crippen LogP contribution in [0, 0.1) is 0 Å². The lowest BCUT2D eigenvalue weighted by Crippen LogP contribution is -2.45. The van der Waals surface area contributed by atoms with E-state index in [4.69, 9.17) is 4.74 Å². The third-order valence-electron chi connectivity index (χ3n) is 3.73. The Labute approximate surface area is 121 Å². The molecule has 0 aliphatic carbocycles. The molecule has 1 aromatic rings. The van der Waals surface area contributed by atoms with Crippen LogP contribution in [0.15, 0.2) is 24.3 Å². The number of hydrogen-bond donors (Lipinski definition) is 1. The molecule has 3 heteroatoms. The third-order valence-corrected chi connectivity index (χ3v) is 4.04. The Kier molecular flexibility index (Phi) is 4.14. The number of fused-ring (bicyclic) bond motifs is 1. The van der Waals surface area contributed by atoms with E-state index in [-0.39, 0.29) is 5.54 Å². The third kappa shape index (κ3) is 2.76. The molecule has 1 aromatic carbocycles. The molecule has 0 amide bonds. The van der Waals surface area contributed by atoms with E-state index in [0.717, 1.165) is 24.5 Å². The molecule has 0 saturated heterocycles. The van der Waals surface area contributed by atoms with Crippen molar-refractivity contribution in [3.8, 4) is 5.75 Å². The Morgan fingerprint density at radius 2 is 2.05 bits per heavy atom. The summed E-state index contributed by atoms with van der Waals surface area (Å²) < 4.78 is 5.38. The largest absolute Gasteiger partial charge is 0.497 e. The molecule has 0 saturated carbocycles. The van der Waals surface area contributed by atoms with E-state index in [1.807, 2.05) is 6.07 Å². The average Bonchev–Trinajstić information content (AvgIpc) is 2.37. The Bertz CT molecular complexity index is 494. The summed E-state index contributed by atoms with van der Waals surface area (Å²) in [7, 11) is 1.72. The first-order chi connectivity index (χ1) is 8.99. The highest BCUT2D eigenvalue weighted by Gasteiger charge is 2.30. The van der Waals surface area contributed by atoms with Crippen LogP contribution in [0.1, 0.15) is 32.8 Å².